The fraction of sp³-hybridized carbons (Fsp3) is 0.308. The van der Waals surface area contributed by atoms with E-state index in [2.05, 4.69) is 9.97 Å². The number of rotatable bonds is 6. The van der Waals surface area contributed by atoms with Gasteiger partial charge in [-0.2, -0.15) is 4.31 Å². The molecule has 2 rings (SSSR count). The van der Waals surface area contributed by atoms with Gasteiger partial charge in [0.05, 0.1) is 6.20 Å². The van der Waals surface area contributed by atoms with Gasteiger partial charge in [-0.3, -0.25) is 0 Å². The lowest BCUT2D eigenvalue weighted by molar-refractivity contribution is 0.275. The number of H-pyrrole nitrogens is 1. The molecule has 6 nitrogen and oxygen atoms in total. The molecule has 0 saturated heterocycles. The number of nitrogens with one attached hydrogen (secondary N) is 1. The Morgan fingerprint density at radius 1 is 1.38 bits per heavy atom. The third-order valence-electron chi connectivity index (χ3n) is 2.87. The minimum absolute atomic E-state index is 0.0217. The van der Waals surface area contributed by atoms with Crippen molar-refractivity contribution in [3.63, 3.8) is 0 Å². The number of hydrogen-bond donors (Lipinski definition) is 1. The molecular weight excluding hydrogens is 297 g/mol. The molecule has 21 heavy (non-hydrogen) atoms. The summed E-state index contributed by atoms with van der Waals surface area (Å²) in [7, 11) is -2.21. The first-order valence-corrected chi connectivity index (χ1v) is 7.70. The number of imidazole rings is 1. The Kier molecular flexibility index (Phi) is 4.59. The maximum absolute atomic E-state index is 13.3. The van der Waals surface area contributed by atoms with Gasteiger partial charge in [0.2, 0.25) is 0 Å². The minimum atomic E-state index is -3.64. The van der Waals surface area contributed by atoms with E-state index in [1.165, 1.54) is 25.4 Å². The summed E-state index contributed by atoms with van der Waals surface area (Å²) in [6.45, 7) is 1.80. The van der Waals surface area contributed by atoms with Crippen LogP contribution in [-0.4, -0.2) is 42.9 Å². The van der Waals surface area contributed by atoms with Crippen molar-refractivity contribution in [1.82, 2.24) is 14.3 Å². The molecule has 1 aromatic carbocycles. The lowest BCUT2D eigenvalue weighted by atomic mass is 10.3. The molecule has 0 fully saturated rings. The summed E-state index contributed by atoms with van der Waals surface area (Å²) in [6, 6.07) is 5.97. The molecule has 1 heterocycles. The third kappa shape index (κ3) is 3.59. The number of aromatic amines is 1. The van der Waals surface area contributed by atoms with Gasteiger partial charge < -0.3 is 9.72 Å². The van der Waals surface area contributed by atoms with Gasteiger partial charge in [-0.25, -0.2) is 17.8 Å². The zero-order valence-electron chi connectivity index (χ0n) is 11.7. The number of nitrogens with zero attached hydrogens (tertiary/aromatic N) is 2. The minimum Gasteiger partial charge on any atom is -0.489 e. The second kappa shape index (κ2) is 6.23. The van der Waals surface area contributed by atoms with Gasteiger partial charge in [-0.05, 0) is 19.1 Å². The Morgan fingerprint density at radius 2 is 2.10 bits per heavy atom. The van der Waals surface area contributed by atoms with Gasteiger partial charge in [-0.1, -0.05) is 12.1 Å². The topological polar surface area (TPSA) is 75.3 Å². The smallest absolute Gasteiger partial charge is 0.259 e. The second-order valence-corrected chi connectivity index (χ2v) is 6.45. The maximum Gasteiger partial charge on any atom is 0.259 e. The van der Waals surface area contributed by atoms with Gasteiger partial charge in [0.1, 0.15) is 12.4 Å². The highest BCUT2D eigenvalue weighted by Gasteiger charge is 2.22. The number of benzene rings is 1. The van der Waals surface area contributed by atoms with E-state index < -0.39 is 15.8 Å². The van der Waals surface area contributed by atoms with Gasteiger partial charge in [0, 0.05) is 13.6 Å². The van der Waals surface area contributed by atoms with Gasteiger partial charge in [-0.15, -0.1) is 0 Å². The highest BCUT2D eigenvalue weighted by Crippen LogP contribution is 2.16. The average molecular weight is 313 g/mol. The maximum atomic E-state index is 13.3. The summed E-state index contributed by atoms with van der Waals surface area (Å²) in [4.78, 5) is 6.54. The van der Waals surface area contributed by atoms with Crippen molar-refractivity contribution in [1.29, 1.82) is 0 Å². The second-order valence-electron chi connectivity index (χ2n) is 4.44. The SMILES string of the molecule is Cc1ncc(S(=O)(=O)N(C)CCOc2ccccc2F)[nH]1. The summed E-state index contributed by atoms with van der Waals surface area (Å²) in [5.41, 5.74) is 0. The van der Waals surface area contributed by atoms with Crippen LogP contribution in [0.3, 0.4) is 0 Å². The van der Waals surface area contributed by atoms with Crippen molar-refractivity contribution in [3.05, 3.63) is 42.1 Å². The molecule has 0 bridgehead atoms. The van der Waals surface area contributed by atoms with Crippen molar-refractivity contribution >= 4 is 10.0 Å². The van der Waals surface area contributed by atoms with Crippen molar-refractivity contribution in [2.75, 3.05) is 20.2 Å². The van der Waals surface area contributed by atoms with Crippen molar-refractivity contribution in [3.8, 4) is 5.75 Å². The van der Waals surface area contributed by atoms with E-state index in [1.54, 1.807) is 19.1 Å². The van der Waals surface area contributed by atoms with Gasteiger partial charge in [0.15, 0.2) is 16.6 Å². The van der Waals surface area contributed by atoms with E-state index in [1.807, 2.05) is 0 Å². The molecule has 0 spiro atoms. The van der Waals surface area contributed by atoms with E-state index >= 15 is 0 Å². The molecule has 0 radical (unpaired) electrons. The molecular formula is C13H16FN3O3S. The molecule has 114 valence electrons. The Labute approximate surface area is 122 Å². The monoisotopic (exact) mass is 313 g/mol. The molecule has 0 amide bonds. The molecule has 1 aromatic heterocycles. The van der Waals surface area contributed by atoms with Crippen LogP contribution in [0.1, 0.15) is 5.82 Å². The molecule has 0 aliphatic heterocycles. The fourth-order valence-corrected chi connectivity index (χ4v) is 2.78. The highest BCUT2D eigenvalue weighted by atomic mass is 32.2. The number of halogens is 1. The van der Waals surface area contributed by atoms with E-state index in [0.717, 1.165) is 4.31 Å². The number of sulfonamides is 1. The molecule has 0 aliphatic carbocycles. The molecule has 0 unspecified atom stereocenters. The molecule has 0 saturated carbocycles. The van der Waals surface area contributed by atoms with E-state index in [-0.39, 0.29) is 23.9 Å². The Hall–Kier alpha value is -1.93. The Morgan fingerprint density at radius 3 is 2.71 bits per heavy atom. The van der Waals surface area contributed by atoms with E-state index in [4.69, 9.17) is 4.74 Å². The molecule has 0 atom stereocenters. The summed E-state index contributed by atoms with van der Waals surface area (Å²) >= 11 is 0. The third-order valence-corrected chi connectivity index (χ3v) is 4.63. The fourth-order valence-electron chi connectivity index (χ4n) is 1.66. The first-order valence-electron chi connectivity index (χ1n) is 6.26. The summed E-state index contributed by atoms with van der Waals surface area (Å²) in [6.07, 6.45) is 1.26. The van der Waals surface area contributed by atoms with Crippen LogP contribution in [0.2, 0.25) is 0 Å². The van der Waals surface area contributed by atoms with Crippen LogP contribution >= 0.6 is 0 Å². The number of ether oxygens (including phenoxy) is 1. The Balaban J connectivity index is 1.96. The van der Waals surface area contributed by atoms with Crippen LogP contribution in [-0.2, 0) is 10.0 Å². The zero-order valence-corrected chi connectivity index (χ0v) is 12.5. The predicted molar refractivity (Wildman–Crippen MR) is 75.0 cm³/mol. The average Bonchev–Trinajstić information content (AvgIpc) is 2.88. The number of likely N-dealkylation sites (N-methyl/N-ethyl adjacent to an activating group) is 1. The van der Waals surface area contributed by atoms with Crippen LogP contribution in [0.25, 0.3) is 0 Å². The van der Waals surface area contributed by atoms with Crippen molar-refractivity contribution in [2.24, 2.45) is 0 Å². The lowest BCUT2D eigenvalue weighted by Gasteiger charge is -2.16. The van der Waals surface area contributed by atoms with Crippen LogP contribution in [0.5, 0.6) is 5.75 Å². The standard InChI is InChI=1S/C13H16FN3O3S/c1-10-15-9-13(16-10)21(18,19)17(2)7-8-20-12-6-4-3-5-11(12)14/h3-6,9H,7-8H2,1-2H3,(H,15,16). The number of aryl methyl sites for hydroxylation is 1. The molecule has 2 aromatic rings. The van der Waals surface area contributed by atoms with Crippen LogP contribution in [0.4, 0.5) is 4.39 Å². The highest BCUT2D eigenvalue weighted by molar-refractivity contribution is 7.89. The van der Waals surface area contributed by atoms with Crippen molar-refractivity contribution in [2.45, 2.75) is 11.9 Å². The van der Waals surface area contributed by atoms with Crippen LogP contribution < -0.4 is 4.74 Å². The quantitative estimate of drug-likeness (QED) is 0.878. The zero-order chi connectivity index (χ0) is 15.5. The van der Waals surface area contributed by atoms with Gasteiger partial charge >= 0.3 is 0 Å². The first kappa shape index (κ1) is 15.5. The summed E-state index contributed by atoms with van der Waals surface area (Å²) < 4.78 is 44.1. The number of para-hydroxylation sites is 1. The Bertz CT molecular complexity index is 715. The van der Waals surface area contributed by atoms with Crippen LogP contribution in [0.15, 0.2) is 35.5 Å². The molecule has 1 N–H and O–H groups in total. The number of hydrogen-bond acceptors (Lipinski definition) is 4. The largest absolute Gasteiger partial charge is 0.489 e. The summed E-state index contributed by atoms with van der Waals surface area (Å²) in [5, 5.41) is 0.0217. The first-order chi connectivity index (χ1) is 9.91. The lowest BCUT2D eigenvalue weighted by Crippen LogP contribution is -2.31. The van der Waals surface area contributed by atoms with Crippen LogP contribution in [0, 0.1) is 12.7 Å². The number of aromatic nitrogens is 2. The summed E-state index contributed by atoms with van der Waals surface area (Å²) in [5.74, 6) is 0.137. The van der Waals surface area contributed by atoms with E-state index in [9.17, 15) is 12.8 Å². The normalized spacial score (nSPS) is 11.8. The predicted octanol–water partition coefficient (Wildman–Crippen LogP) is 1.56. The molecule has 0 aliphatic rings. The van der Waals surface area contributed by atoms with E-state index in [0.29, 0.717) is 5.82 Å². The van der Waals surface area contributed by atoms with Crippen molar-refractivity contribution < 1.29 is 17.5 Å². The molecule has 8 heteroatoms. The van der Waals surface area contributed by atoms with Gasteiger partial charge in [0.25, 0.3) is 10.0 Å².